The minimum Gasteiger partial charge on any atom is -0.426 e. The molecule has 0 bridgehead atoms. The molecule has 2 N–H and O–H groups in total. The largest absolute Gasteiger partial charge is 0.426 e. The number of carbonyl (C=O) groups excluding carboxylic acids is 1. The van der Waals surface area contributed by atoms with Gasteiger partial charge in [-0.3, -0.25) is 14.9 Å². The van der Waals surface area contributed by atoms with Gasteiger partial charge in [0.2, 0.25) is 5.91 Å². The van der Waals surface area contributed by atoms with E-state index in [4.69, 9.17) is 0 Å². The van der Waals surface area contributed by atoms with Crippen LogP contribution in [0.25, 0.3) is 22.4 Å². The highest BCUT2D eigenvalue weighted by Crippen LogP contribution is 2.27. The highest BCUT2D eigenvalue weighted by molar-refractivity contribution is 5.91. The van der Waals surface area contributed by atoms with Crippen LogP contribution in [0, 0.1) is 10.1 Å². The fourth-order valence-electron chi connectivity index (χ4n) is 3.72. The topological polar surface area (TPSA) is 114 Å². The first-order valence-electron chi connectivity index (χ1n) is 10.00. The molecule has 156 valence electrons. The van der Waals surface area contributed by atoms with Crippen molar-refractivity contribution in [2.24, 2.45) is 0 Å². The van der Waals surface area contributed by atoms with Crippen LogP contribution in [0.15, 0.2) is 42.5 Å². The summed E-state index contributed by atoms with van der Waals surface area (Å²) in [5.41, 5.74) is 1.88. The van der Waals surface area contributed by atoms with E-state index in [1.807, 2.05) is 0 Å². The minimum absolute atomic E-state index is 0.0324. The number of fused-ring (bicyclic) bond motifs is 1. The molecule has 1 fully saturated rings. The van der Waals surface area contributed by atoms with Crippen LogP contribution in [0.4, 0.5) is 11.4 Å². The summed E-state index contributed by atoms with van der Waals surface area (Å²) in [6.07, 6.45) is 4.12. The Kier molecular flexibility index (Phi) is 5.62. The maximum Gasteiger partial charge on any atom is 0.271 e. The summed E-state index contributed by atoms with van der Waals surface area (Å²) in [5.74, 6) is 0.239. The van der Waals surface area contributed by atoms with E-state index in [1.54, 1.807) is 24.3 Å². The van der Waals surface area contributed by atoms with Gasteiger partial charge in [-0.25, -0.2) is 4.98 Å². The summed E-state index contributed by atoms with van der Waals surface area (Å²) in [4.78, 5) is 29.3. The molecule has 30 heavy (non-hydrogen) atoms. The third-order valence-corrected chi connectivity index (χ3v) is 5.36. The van der Waals surface area contributed by atoms with Crippen LogP contribution in [-0.2, 0) is 4.79 Å². The maximum absolute atomic E-state index is 12.2. The van der Waals surface area contributed by atoms with Crippen molar-refractivity contribution in [2.45, 2.75) is 25.7 Å². The van der Waals surface area contributed by atoms with Crippen LogP contribution in [-0.4, -0.2) is 50.3 Å². The van der Waals surface area contributed by atoms with Crippen LogP contribution < -0.4 is 5.32 Å². The van der Waals surface area contributed by atoms with Gasteiger partial charge < -0.3 is 15.4 Å². The molecule has 9 heteroatoms. The highest BCUT2D eigenvalue weighted by atomic mass is 16.6. The van der Waals surface area contributed by atoms with Crippen LogP contribution in [0.3, 0.4) is 0 Å². The van der Waals surface area contributed by atoms with Crippen molar-refractivity contribution in [1.82, 2.24) is 14.6 Å². The Morgan fingerprint density at radius 2 is 1.87 bits per heavy atom. The van der Waals surface area contributed by atoms with Gasteiger partial charge in [0.05, 0.1) is 10.4 Å². The van der Waals surface area contributed by atoms with Gasteiger partial charge in [-0.15, -0.1) is 0 Å². The van der Waals surface area contributed by atoms with Crippen molar-refractivity contribution >= 4 is 28.3 Å². The van der Waals surface area contributed by atoms with Crippen molar-refractivity contribution in [3.63, 3.8) is 0 Å². The number of nitrogens with zero attached hydrogens (tertiary/aromatic N) is 4. The van der Waals surface area contributed by atoms with Gasteiger partial charge in [-0.05, 0) is 56.3 Å². The standard InChI is InChI=1S/C21H23N5O4/c27-20(10-13-24-11-2-1-3-12-24)22-16-6-4-15(5-7-16)21-23-18-9-8-17(26(29)30)14-19(18)25(21)28/h4-9,14,28H,1-3,10-13H2,(H,22,27). The molecule has 1 aliphatic heterocycles. The first-order valence-corrected chi connectivity index (χ1v) is 10.00. The number of likely N-dealkylation sites (tertiary alicyclic amines) is 1. The van der Waals surface area contributed by atoms with E-state index in [1.165, 1.54) is 37.5 Å². The predicted octanol–water partition coefficient (Wildman–Crippen LogP) is 3.66. The zero-order valence-corrected chi connectivity index (χ0v) is 16.5. The summed E-state index contributed by atoms with van der Waals surface area (Å²) in [6.45, 7) is 2.89. The van der Waals surface area contributed by atoms with Crippen molar-refractivity contribution < 1.29 is 14.9 Å². The average Bonchev–Trinajstić information content (AvgIpc) is 3.09. The van der Waals surface area contributed by atoms with E-state index in [9.17, 15) is 20.1 Å². The fraction of sp³-hybridized carbons (Fsp3) is 0.333. The normalized spacial score (nSPS) is 14.7. The summed E-state index contributed by atoms with van der Waals surface area (Å²) < 4.78 is 0.842. The van der Waals surface area contributed by atoms with Gasteiger partial charge in [0.1, 0.15) is 5.52 Å². The lowest BCUT2D eigenvalue weighted by molar-refractivity contribution is -0.384. The number of rotatable bonds is 6. The van der Waals surface area contributed by atoms with Gasteiger partial charge >= 0.3 is 0 Å². The Balaban J connectivity index is 1.43. The number of aromatic nitrogens is 2. The zero-order valence-electron chi connectivity index (χ0n) is 16.5. The number of imidazole rings is 1. The molecule has 2 heterocycles. The summed E-state index contributed by atoms with van der Waals surface area (Å²) >= 11 is 0. The zero-order chi connectivity index (χ0) is 21.1. The number of piperidine rings is 1. The van der Waals surface area contributed by atoms with Gasteiger partial charge in [-0.2, -0.15) is 4.73 Å². The first-order chi connectivity index (χ1) is 14.5. The summed E-state index contributed by atoms with van der Waals surface area (Å²) in [6, 6.07) is 11.1. The molecule has 1 saturated heterocycles. The van der Waals surface area contributed by atoms with Crippen LogP contribution in [0.1, 0.15) is 25.7 Å². The Morgan fingerprint density at radius 3 is 2.57 bits per heavy atom. The fourth-order valence-corrected chi connectivity index (χ4v) is 3.72. The predicted molar refractivity (Wildman–Crippen MR) is 113 cm³/mol. The molecule has 0 spiro atoms. The average molecular weight is 409 g/mol. The number of benzene rings is 2. The molecule has 0 aliphatic carbocycles. The number of non-ortho nitro benzene ring substituents is 1. The van der Waals surface area contributed by atoms with Crippen molar-refractivity contribution in [1.29, 1.82) is 0 Å². The first kappa shape index (κ1) is 19.8. The lowest BCUT2D eigenvalue weighted by atomic mass is 10.1. The second kappa shape index (κ2) is 8.50. The number of nitrogens with one attached hydrogen (secondary N) is 1. The molecule has 1 aromatic heterocycles. The molecule has 4 rings (SSSR count). The van der Waals surface area contributed by atoms with Gasteiger partial charge in [0.15, 0.2) is 5.82 Å². The molecule has 0 unspecified atom stereocenters. The molecule has 1 amide bonds. The summed E-state index contributed by atoms with van der Waals surface area (Å²) in [5, 5.41) is 24.3. The number of carbonyl (C=O) groups is 1. The minimum atomic E-state index is -0.519. The van der Waals surface area contributed by atoms with E-state index >= 15 is 0 Å². The molecule has 2 aromatic carbocycles. The Hall–Kier alpha value is -3.46. The Labute approximate surface area is 173 Å². The van der Waals surface area contributed by atoms with Gasteiger partial charge in [0, 0.05) is 36.3 Å². The molecular weight excluding hydrogens is 386 g/mol. The number of hydrogen-bond donors (Lipinski definition) is 2. The quantitative estimate of drug-likeness (QED) is 0.365. The highest BCUT2D eigenvalue weighted by Gasteiger charge is 2.16. The van der Waals surface area contributed by atoms with E-state index in [2.05, 4.69) is 15.2 Å². The van der Waals surface area contributed by atoms with E-state index in [0.29, 0.717) is 23.2 Å². The third kappa shape index (κ3) is 4.25. The molecule has 0 atom stereocenters. The second-order valence-electron chi connectivity index (χ2n) is 7.46. The van der Waals surface area contributed by atoms with E-state index in [-0.39, 0.29) is 22.9 Å². The number of nitro benzene ring substituents is 1. The monoisotopic (exact) mass is 409 g/mol. The van der Waals surface area contributed by atoms with E-state index in [0.717, 1.165) is 24.4 Å². The van der Waals surface area contributed by atoms with Crippen molar-refractivity contribution in [3.8, 4) is 11.4 Å². The van der Waals surface area contributed by atoms with Gasteiger partial charge in [-0.1, -0.05) is 6.42 Å². The lowest BCUT2D eigenvalue weighted by Crippen LogP contribution is -2.32. The van der Waals surface area contributed by atoms with Crippen molar-refractivity contribution in [3.05, 3.63) is 52.6 Å². The summed E-state index contributed by atoms with van der Waals surface area (Å²) in [7, 11) is 0. The molecule has 0 saturated carbocycles. The van der Waals surface area contributed by atoms with Gasteiger partial charge in [0.25, 0.3) is 5.69 Å². The van der Waals surface area contributed by atoms with E-state index < -0.39 is 4.92 Å². The molecule has 3 aromatic rings. The Morgan fingerprint density at radius 1 is 1.13 bits per heavy atom. The van der Waals surface area contributed by atoms with Crippen LogP contribution in [0.5, 0.6) is 0 Å². The van der Waals surface area contributed by atoms with Crippen LogP contribution in [0.2, 0.25) is 0 Å². The molecule has 0 radical (unpaired) electrons. The number of anilines is 1. The molecular formula is C21H23N5O4. The maximum atomic E-state index is 12.2. The smallest absolute Gasteiger partial charge is 0.271 e. The van der Waals surface area contributed by atoms with Crippen LogP contribution >= 0.6 is 0 Å². The lowest BCUT2D eigenvalue weighted by Gasteiger charge is -2.25. The number of nitro groups is 1. The van der Waals surface area contributed by atoms with Crippen molar-refractivity contribution in [2.75, 3.05) is 25.0 Å². The second-order valence-corrected chi connectivity index (χ2v) is 7.46. The molecule has 9 nitrogen and oxygen atoms in total. The number of amides is 1. The Bertz CT molecular complexity index is 1070. The number of hydrogen-bond acceptors (Lipinski definition) is 6. The third-order valence-electron chi connectivity index (χ3n) is 5.36. The SMILES string of the molecule is O=C(CCN1CCCCC1)Nc1ccc(-c2nc3ccc([N+](=O)[O-])cc3n2O)cc1. The molecule has 1 aliphatic rings.